The first-order valence-corrected chi connectivity index (χ1v) is 6.19. The number of benzene rings is 1. The maximum atomic E-state index is 10.4. The van der Waals surface area contributed by atoms with Crippen LogP contribution < -0.4 is 0 Å². The van der Waals surface area contributed by atoms with Crippen molar-refractivity contribution in [2.75, 3.05) is 13.2 Å². The van der Waals surface area contributed by atoms with Gasteiger partial charge in [0.25, 0.3) is 0 Å². The molecule has 0 spiro atoms. The molecule has 3 heteroatoms. The summed E-state index contributed by atoms with van der Waals surface area (Å²) in [4.78, 5) is 0. The fraction of sp³-hybridized carbons (Fsp3) is 0.571. The summed E-state index contributed by atoms with van der Waals surface area (Å²) in [6.45, 7) is 3.25. The Kier molecular flexibility index (Phi) is 4.15. The summed E-state index contributed by atoms with van der Waals surface area (Å²) in [7, 11) is 0. The van der Waals surface area contributed by atoms with E-state index in [9.17, 15) is 5.11 Å². The van der Waals surface area contributed by atoms with Crippen LogP contribution >= 0.6 is 0 Å². The van der Waals surface area contributed by atoms with Crippen molar-refractivity contribution in [3.8, 4) is 0 Å². The molecule has 0 saturated carbocycles. The van der Waals surface area contributed by atoms with E-state index in [-0.39, 0.29) is 6.29 Å². The van der Waals surface area contributed by atoms with Crippen LogP contribution in [0.4, 0.5) is 0 Å². The van der Waals surface area contributed by atoms with Gasteiger partial charge in [0.2, 0.25) is 0 Å². The van der Waals surface area contributed by atoms with E-state index < -0.39 is 5.60 Å². The zero-order valence-electron chi connectivity index (χ0n) is 10.3. The van der Waals surface area contributed by atoms with Gasteiger partial charge in [-0.05, 0) is 31.7 Å². The fourth-order valence-corrected chi connectivity index (χ4v) is 2.13. The van der Waals surface area contributed by atoms with Gasteiger partial charge in [0, 0.05) is 0 Å². The molecule has 1 fully saturated rings. The van der Waals surface area contributed by atoms with Gasteiger partial charge in [-0.15, -0.1) is 0 Å². The maximum Gasteiger partial charge on any atom is 0.157 e. The second kappa shape index (κ2) is 5.63. The van der Waals surface area contributed by atoms with Gasteiger partial charge >= 0.3 is 0 Å². The molecular formula is C14H20O3. The van der Waals surface area contributed by atoms with Gasteiger partial charge in [-0.3, -0.25) is 0 Å². The first-order valence-electron chi connectivity index (χ1n) is 6.19. The molecule has 0 aliphatic carbocycles. The summed E-state index contributed by atoms with van der Waals surface area (Å²) in [6, 6.07) is 9.78. The van der Waals surface area contributed by atoms with E-state index in [1.54, 1.807) is 0 Å². The lowest BCUT2D eigenvalue weighted by Gasteiger charge is -2.24. The average molecular weight is 236 g/mol. The Balaban J connectivity index is 1.80. The lowest BCUT2D eigenvalue weighted by molar-refractivity contribution is -0.0526. The van der Waals surface area contributed by atoms with Crippen LogP contribution in [0.2, 0.25) is 0 Å². The molecule has 1 unspecified atom stereocenters. The van der Waals surface area contributed by atoms with Crippen LogP contribution in [0.3, 0.4) is 0 Å². The van der Waals surface area contributed by atoms with Gasteiger partial charge < -0.3 is 14.6 Å². The zero-order valence-corrected chi connectivity index (χ0v) is 10.3. The van der Waals surface area contributed by atoms with E-state index >= 15 is 0 Å². The molecule has 1 heterocycles. The van der Waals surface area contributed by atoms with Gasteiger partial charge in [-0.2, -0.15) is 0 Å². The fourth-order valence-electron chi connectivity index (χ4n) is 2.13. The summed E-state index contributed by atoms with van der Waals surface area (Å²) in [5.74, 6) is 0. The quantitative estimate of drug-likeness (QED) is 0.853. The van der Waals surface area contributed by atoms with Crippen molar-refractivity contribution < 1.29 is 14.6 Å². The third kappa shape index (κ3) is 3.53. The van der Waals surface area contributed by atoms with Crippen molar-refractivity contribution in [2.45, 2.75) is 38.1 Å². The number of ether oxygens (including phenoxy) is 2. The minimum absolute atomic E-state index is 0.0680. The molecular weight excluding hydrogens is 216 g/mol. The minimum Gasteiger partial charge on any atom is -0.385 e. The van der Waals surface area contributed by atoms with E-state index in [1.165, 1.54) is 0 Å². The first kappa shape index (κ1) is 12.6. The van der Waals surface area contributed by atoms with Crippen molar-refractivity contribution in [2.24, 2.45) is 0 Å². The van der Waals surface area contributed by atoms with Crippen LogP contribution in [0.1, 0.15) is 31.7 Å². The summed E-state index contributed by atoms with van der Waals surface area (Å²) in [5.41, 5.74) is 0.202. The van der Waals surface area contributed by atoms with E-state index in [1.807, 2.05) is 37.3 Å². The number of aliphatic hydroxyl groups is 1. The molecule has 0 bridgehead atoms. The predicted octanol–water partition coefficient (Wildman–Crippen LogP) is 2.44. The lowest BCUT2D eigenvalue weighted by atomic mass is 9.90. The normalized spacial score (nSPS) is 20.4. The van der Waals surface area contributed by atoms with Crippen molar-refractivity contribution in [1.29, 1.82) is 0 Å². The van der Waals surface area contributed by atoms with Gasteiger partial charge in [0.15, 0.2) is 6.29 Å². The smallest absolute Gasteiger partial charge is 0.157 e. The molecule has 94 valence electrons. The van der Waals surface area contributed by atoms with Crippen molar-refractivity contribution in [3.05, 3.63) is 35.9 Å². The van der Waals surface area contributed by atoms with E-state index in [4.69, 9.17) is 9.47 Å². The average Bonchev–Trinajstić information content (AvgIpc) is 2.83. The minimum atomic E-state index is -0.764. The van der Waals surface area contributed by atoms with Crippen LogP contribution in [-0.4, -0.2) is 24.6 Å². The molecule has 0 aromatic heterocycles. The largest absolute Gasteiger partial charge is 0.385 e. The molecule has 1 N–H and O–H groups in total. The highest BCUT2D eigenvalue weighted by atomic mass is 16.7. The summed E-state index contributed by atoms with van der Waals surface area (Å²) in [5, 5.41) is 10.4. The molecule has 1 aromatic rings. The number of hydrogen-bond acceptors (Lipinski definition) is 3. The maximum absolute atomic E-state index is 10.4. The van der Waals surface area contributed by atoms with Gasteiger partial charge in [-0.25, -0.2) is 0 Å². The highest BCUT2D eigenvalue weighted by molar-refractivity contribution is 5.21. The SMILES string of the molecule is CC(O)(CCCC1OCCO1)c1ccccc1. The number of rotatable bonds is 5. The Morgan fingerprint density at radius 3 is 2.53 bits per heavy atom. The topological polar surface area (TPSA) is 38.7 Å². The first-order chi connectivity index (χ1) is 8.18. The Morgan fingerprint density at radius 2 is 1.88 bits per heavy atom. The van der Waals surface area contributed by atoms with Gasteiger partial charge in [0.05, 0.1) is 18.8 Å². The van der Waals surface area contributed by atoms with E-state index in [0.717, 1.165) is 24.8 Å². The van der Waals surface area contributed by atoms with Crippen LogP contribution in [0, 0.1) is 0 Å². The molecule has 1 aliphatic rings. The molecule has 17 heavy (non-hydrogen) atoms. The number of hydrogen-bond donors (Lipinski definition) is 1. The second-order valence-electron chi connectivity index (χ2n) is 4.70. The molecule has 0 amide bonds. The van der Waals surface area contributed by atoms with Crippen molar-refractivity contribution in [3.63, 3.8) is 0 Å². The second-order valence-corrected chi connectivity index (χ2v) is 4.70. The van der Waals surface area contributed by atoms with Crippen LogP contribution in [0.25, 0.3) is 0 Å². The molecule has 3 nitrogen and oxygen atoms in total. The molecule has 1 saturated heterocycles. The Hall–Kier alpha value is -0.900. The van der Waals surface area contributed by atoms with Crippen LogP contribution in [0.15, 0.2) is 30.3 Å². The summed E-state index contributed by atoms with van der Waals surface area (Å²) < 4.78 is 10.7. The zero-order chi connectivity index (χ0) is 12.1. The molecule has 2 rings (SSSR count). The Bertz CT molecular complexity index is 329. The van der Waals surface area contributed by atoms with Gasteiger partial charge in [-0.1, -0.05) is 30.3 Å². The van der Waals surface area contributed by atoms with Crippen molar-refractivity contribution in [1.82, 2.24) is 0 Å². The monoisotopic (exact) mass is 236 g/mol. The van der Waals surface area contributed by atoms with Crippen LogP contribution in [0.5, 0.6) is 0 Å². The summed E-state index contributed by atoms with van der Waals surface area (Å²) in [6.07, 6.45) is 2.40. The Labute approximate surface area is 102 Å². The summed E-state index contributed by atoms with van der Waals surface area (Å²) >= 11 is 0. The van der Waals surface area contributed by atoms with Crippen LogP contribution in [-0.2, 0) is 15.1 Å². The molecule has 1 atom stereocenters. The Morgan fingerprint density at radius 1 is 1.24 bits per heavy atom. The van der Waals surface area contributed by atoms with Crippen molar-refractivity contribution >= 4 is 0 Å². The lowest BCUT2D eigenvalue weighted by Crippen LogP contribution is -2.21. The standard InChI is InChI=1S/C14H20O3/c1-14(15,12-6-3-2-4-7-12)9-5-8-13-16-10-11-17-13/h2-4,6-7,13,15H,5,8-11H2,1H3. The third-order valence-electron chi connectivity index (χ3n) is 3.19. The third-order valence-corrected chi connectivity index (χ3v) is 3.19. The molecule has 1 aromatic carbocycles. The predicted molar refractivity (Wildman–Crippen MR) is 65.6 cm³/mol. The highest BCUT2D eigenvalue weighted by Gasteiger charge is 2.23. The molecule has 1 aliphatic heterocycles. The molecule has 0 radical (unpaired) electrons. The highest BCUT2D eigenvalue weighted by Crippen LogP contribution is 2.27. The van der Waals surface area contributed by atoms with Gasteiger partial charge in [0.1, 0.15) is 0 Å². The van der Waals surface area contributed by atoms with E-state index in [0.29, 0.717) is 13.2 Å². The van der Waals surface area contributed by atoms with E-state index in [2.05, 4.69) is 0 Å².